The van der Waals surface area contributed by atoms with E-state index in [-0.39, 0.29) is 16.7 Å². The second kappa shape index (κ2) is 11.1. The van der Waals surface area contributed by atoms with Gasteiger partial charge in [0.1, 0.15) is 18.2 Å². The molecule has 0 amide bonds. The molecule has 1 aromatic heterocycles. The maximum absolute atomic E-state index is 14.7. The summed E-state index contributed by atoms with van der Waals surface area (Å²) in [6.07, 6.45) is 3.39. The molecule has 0 saturated heterocycles. The minimum atomic E-state index is -0.458. The Kier molecular flexibility index (Phi) is 7.42. The summed E-state index contributed by atoms with van der Waals surface area (Å²) in [4.78, 5) is 20.0. The standard InChI is InChI=1S/C30H31FN4O3/c1-34(2)13-6-12-32-26-18-25-23(17-24(26)31)30(37)35-14-11-22(29(35)33-25)15-21-9-10-28(27(36)16-21)38-19-20-7-4-3-5-8-20/h3-5,7-10,15-18,32,36H,6,11-14,19H2,1-2H3/b22-15+. The quantitative estimate of drug-likeness (QED) is 0.302. The maximum atomic E-state index is 14.7. The van der Waals surface area contributed by atoms with Crippen molar-refractivity contribution >= 4 is 28.2 Å². The van der Waals surface area contributed by atoms with Crippen LogP contribution in [0.2, 0.25) is 0 Å². The van der Waals surface area contributed by atoms with Crippen LogP contribution in [0.15, 0.2) is 65.5 Å². The molecule has 7 nitrogen and oxygen atoms in total. The fourth-order valence-corrected chi connectivity index (χ4v) is 4.61. The molecule has 0 spiro atoms. The maximum Gasteiger partial charge on any atom is 0.261 e. The fraction of sp³-hybridized carbons (Fsp3) is 0.267. The van der Waals surface area contributed by atoms with E-state index in [0.717, 1.165) is 29.7 Å². The van der Waals surface area contributed by atoms with Gasteiger partial charge in [-0.05, 0) is 80.5 Å². The van der Waals surface area contributed by atoms with Crippen molar-refractivity contribution in [2.24, 2.45) is 0 Å². The lowest BCUT2D eigenvalue weighted by Gasteiger charge is -2.12. The van der Waals surface area contributed by atoms with E-state index < -0.39 is 5.82 Å². The molecule has 0 bridgehead atoms. The van der Waals surface area contributed by atoms with Crippen molar-refractivity contribution in [2.75, 3.05) is 32.5 Å². The van der Waals surface area contributed by atoms with Gasteiger partial charge in [-0.15, -0.1) is 0 Å². The third kappa shape index (κ3) is 5.55. The van der Waals surface area contributed by atoms with Crippen molar-refractivity contribution < 1.29 is 14.2 Å². The van der Waals surface area contributed by atoms with Crippen LogP contribution in [0.1, 0.15) is 29.8 Å². The van der Waals surface area contributed by atoms with Crippen LogP contribution in [0.4, 0.5) is 10.1 Å². The van der Waals surface area contributed by atoms with Gasteiger partial charge in [0.25, 0.3) is 5.56 Å². The summed E-state index contributed by atoms with van der Waals surface area (Å²) in [5.74, 6) is 0.547. The molecule has 38 heavy (non-hydrogen) atoms. The number of aromatic nitrogens is 2. The van der Waals surface area contributed by atoms with Crippen LogP contribution < -0.4 is 15.6 Å². The number of ether oxygens (including phenoxy) is 1. The zero-order valence-corrected chi connectivity index (χ0v) is 21.6. The number of hydrogen-bond donors (Lipinski definition) is 2. The average Bonchev–Trinajstić information content (AvgIpc) is 3.30. The second-order valence-corrected chi connectivity index (χ2v) is 9.75. The van der Waals surface area contributed by atoms with Crippen LogP contribution in [0.3, 0.4) is 0 Å². The first-order valence-corrected chi connectivity index (χ1v) is 12.7. The molecule has 1 aliphatic rings. The summed E-state index contributed by atoms with van der Waals surface area (Å²) >= 11 is 0. The first kappa shape index (κ1) is 25.5. The first-order valence-electron chi connectivity index (χ1n) is 12.7. The van der Waals surface area contributed by atoms with Crippen molar-refractivity contribution in [3.05, 3.63) is 93.8 Å². The van der Waals surface area contributed by atoms with Gasteiger partial charge in [0, 0.05) is 13.1 Å². The Labute approximate surface area is 220 Å². The highest BCUT2D eigenvalue weighted by atomic mass is 19.1. The zero-order valence-electron chi connectivity index (χ0n) is 21.6. The van der Waals surface area contributed by atoms with Gasteiger partial charge in [-0.3, -0.25) is 9.36 Å². The number of anilines is 1. The number of fused-ring (bicyclic) bond motifs is 2. The van der Waals surface area contributed by atoms with Crippen molar-refractivity contribution in [3.8, 4) is 11.5 Å². The minimum absolute atomic E-state index is 0.0394. The Balaban J connectivity index is 1.38. The Hall–Kier alpha value is -4.17. The van der Waals surface area contributed by atoms with Gasteiger partial charge >= 0.3 is 0 Å². The van der Waals surface area contributed by atoms with Crippen molar-refractivity contribution in [2.45, 2.75) is 26.0 Å². The number of nitrogens with one attached hydrogen (secondary N) is 1. The van der Waals surface area contributed by atoms with Gasteiger partial charge in [-0.25, -0.2) is 9.37 Å². The number of rotatable bonds is 9. The zero-order chi connectivity index (χ0) is 26.6. The van der Waals surface area contributed by atoms with Gasteiger partial charge in [0.2, 0.25) is 0 Å². The summed E-state index contributed by atoms with van der Waals surface area (Å²) in [5.41, 5.74) is 3.21. The van der Waals surface area contributed by atoms with Gasteiger partial charge < -0.3 is 20.1 Å². The first-order chi connectivity index (χ1) is 18.4. The van der Waals surface area contributed by atoms with Gasteiger partial charge in [-0.1, -0.05) is 36.4 Å². The number of phenols is 1. The molecular formula is C30H31FN4O3. The average molecular weight is 515 g/mol. The second-order valence-electron chi connectivity index (χ2n) is 9.75. The summed E-state index contributed by atoms with van der Waals surface area (Å²) in [6, 6.07) is 17.9. The molecule has 3 aromatic carbocycles. The SMILES string of the molecule is CN(C)CCCNc1cc2nc3n(c(=O)c2cc1F)CC/C3=C\c1ccc(OCc2ccccc2)c(O)c1. The molecule has 1 aliphatic heterocycles. The number of halogens is 1. The Morgan fingerprint density at radius 2 is 1.97 bits per heavy atom. The van der Waals surface area contributed by atoms with Crippen LogP contribution in [0.5, 0.6) is 11.5 Å². The van der Waals surface area contributed by atoms with E-state index >= 15 is 0 Å². The van der Waals surface area contributed by atoms with E-state index in [1.165, 1.54) is 6.07 Å². The van der Waals surface area contributed by atoms with E-state index in [2.05, 4.69) is 10.2 Å². The van der Waals surface area contributed by atoms with E-state index in [9.17, 15) is 14.3 Å². The van der Waals surface area contributed by atoms with E-state index in [1.807, 2.05) is 56.6 Å². The molecular weight excluding hydrogens is 483 g/mol. The number of benzene rings is 3. The normalized spacial score (nSPS) is 13.8. The van der Waals surface area contributed by atoms with E-state index in [1.54, 1.807) is 22.8 Å². The van der Waals surface area contributed by atoms with Gasteiger partial charge in [0.05, 0.1) is 16.6 Å². The highest BCUT2D eigenvalue weighted by molar-refractivity contribution is 5.86. The largest absolute Gasteiger partial charge is 0.504 e. The Morgan fingerprint density at radius 1 is 1.16 bits per heavy atom. The molecule has 0 aliphatic carbocycles. The smallest absolute Gasteiger partial charge is 0.261 e. The Morgan fingerprint density at radius 3 is 2.74 bits per heavy atom. The van der Waals surface area contributed by atoms with Crippen LogP contribution in [0, 0.1) is 5.82 Å². The third-order valence-electron chi connectivity index (χ3n) is 6.59. The summed E-state index contributed by atoms with van der Waals surface area (Å²) in [7, 11) is 3.99. The lowest BCUT2D eigenvalue weighted by atomic mass is 10.1. The Bertz CT molecular complexity index is 1550. The molecule has 5 rings (SSSR count). The fourth-order valence-electron chi connectivity index (χ4n) is 4.61. The molecule has 0 saturated carbocycles. The van der Waals surface area contributed by atoms with Crippen LogP contribution in [-0.4, -0.2) is 46.7 Å². The highest BCUT2D eigenvalue weighted by Crippen LogP contribution is 2.32. The lowest BCUT2D eigenvalue weighted by molar-refractivity contribution is 0.289. The molecule has 2 N–H and O–H groups in total. The van der Waals surface area contributed by atoms with Crippen molar-refractivity contribution in [3.63, 3.8) is 0 Å². The molecule has 0 atom stereocenters. The minimum Gasteiger partial charge on any atom is -0.504 e. The van der Waals surface area contributed by atoms with Crippen molar-refractivity contribution in [1.82, 2.24) is 14.5 Å². The van der Waals surface area contributed by atoms with Crippen LogP contribution in [-0.2, 0) is 13.2 Å². The lowest BCUT2D eigenvalue weighted by Crippen LogP contribution is -2.21. The van der Waals surface area contributed by atoms with Crippen LogP contribution in [0.25, 0.3) is 22.6 Å². The van der Waals surface area contributed by atoms with Gasteiger partial charge in [-0.2, -0.15) is 0 Å². The number of allylic oxidation sites excluding steroid dienone is 1. The molecule has 0 unspecified atom stereocenters. The van der Waals surface area contributed by atoms with E-state index in [0.29, 0.717) is 48.9 Å². The number of hydrogen-bond acceptors (Lipinski definition) is 6. The molecule has 8 heteroatoms. The van der Waals surface area contributed by atoms with Crippen LogP contribution >= 0.6 is 0 Å². The predicted octanol–water partition coefficient (Wildman–Crippen LogP) is 5.13. The predicted molar refractivity (Wildman–Crippen MR) is 149 cm³/mol. The summed E-state index contributed by atoms with van der Waals surface area (Å²) in [6.45, 7) is 2.33. The molecule has 2 heterocycles. The van der Waals surface area contributed by atoms with Crippen molar-refractivity contribution in [1.29, 1.82) is 0 Å². The number of nitrogens with zero attached hydrogens (tertiary/aromatic N) is 3. The molecule has 0 radical (unpaired) electrons. The third-order valence-corrected chi connectivity index (χ3v) is 6.59. The summed E-state index contributed by atoms with van der Waals surface area (Å²) in [5, 5.41) is 13.9. The topological polar surface area (TPSA) is 79.6 Å². The summed E-state index contributed by atoms with van der Waals surface area (Å²) < 4.78 is 22.1. The molecule has 0 fully saturated rings. The molecule has 196 valence electrons. The number of aromatic hydroxyl groups is 1. The van der Waals surface area contributed by atoms with E-state index in [4.69, 9.17) is 9.72 Å². The monoisotopic (exact) mass is 514 g/mol. The van der Waals surface area contributed by atoms with Gasteiger partial charge in [0.15, 0.2) is 11.5 Å². The highest BCUT2D eigenvalue weighted by Gasteiger charge is 2.22. The number of phenolic OH excluding ortho intramolecular Hbond substituents is 1. The molecule has 4 aromatic rings.